The van der Waals surface area contributed by atoms with Gasteiger partial charge in [-0.3, -0.25) is 14.5 Å². The van der Waals surface area contributed by atoms with E-state index in [1.54, 1.807) is 12.0 Å². The van der Waals surface area contributed by atoms with Crippen LogP contribution in [0, 0.1) is 0 Å². The molecule has 0 saturated heterocycles. The van der Waals surface area contributed by atoms with Crippen LogP contribution in [0.15, 0.2) is 16.4 Å². The predicted molar refractivity (Wildman–Crippen MR) is 71.9 cm³/mol. The Morgan fingerprint density at radius 1 is 1.60 bits per heavy atom. The van der Waals surface area contributed by atoms with Crippen molar-refractivity contribution in [2.45, 2.75) is 6.54 Å². The Kier molecular flexibility index (Phi) is 4.77. The van der Waals surface area contributed by atoms with Crippen molar-refractivity contribution in [1.29, 1.82) is 0 Å². The van der Waals surface area contributed by atoms with E-state index in [-0.39, 0.29) is 18.6 Å². The van der Waals surface area contributed by atoms with E-state index < -0.39 is 5.97 Å². The lowest BCUT2D eigenvalue weighted by molar-refractivity contribution is -0.138. The van der Waals surface area contributed by atoms with Gasteiger partial charge >= 0.3 is 5.97 Å². The summed E-state index contributed by atoms with van der Waals surface area (Å²) in [6.07, 6.45) is 0. The summed E-state index contributed by atoms with van der Waals surface area (Å²) in [5.41, 5.74) is 1.79. The maximum atomic E-state index is 11.8. The third kappa shape index (κ3) is 3.59. The first-order valence-electron chi connectivity index (χ1n) is 5.85. The number of aromatic nitrogens is 3. The van der Waals surface area contributed by atoms with E-state index in [1.165, 1.54) is 27.4 Å². The third-order valence-electron chi connectivity index (χ3n) is 2.60. The van der Waals surface area contributed by atoms with Gasteiger partial charge < -0.3 is 9.84 Å². The van der Waals surface area contributed by atoms with Crippen molar-refractivity contribution in [1.82, 2.24) is 19.5 Å². The van der Waals surface area contributed by atoms with Crippen molar-refractivity contribution in [2.24, 2.45) is 0 Å². The van der Waals surface area contributed by atoms with Crippen molar-refractivity contribution in [2.75, 3.05) is 26.8 Å². The van der Waals surface area contributed by atoms with Crippen LogP contribution >= 0.6 is 11.3 Å². The Balaban J connectivity index is 2.18. The summed E-state index contributed by atoms with van der Waals surface area (Å²) >= 11 is 1.26. The van der Waals surface area contributed by atoms with Crippen LogP contribution in [-0.4, -0.2) is 57.4 Å². The number of methoxy groups -OCH3 is 1. The van der Waals surface area contributed by atoms with E-state index in [4.69, 9.17) is 9.84 Å². The molecule has 2 aromatic heterocycles. The second kappa shape index (κ2) is 6.55. The van der Waals surface area contributed by atoms with Crippen molar-refractivity contribution in [3.63, 3.8) is 0 Å². The van der Waals surface area contributed by atoms with Crippen LogP contribution in [0.2, 0.25) is 0 Å². The van der Waals surface area contributed by atoms with Gasteiger partial charge in [-0.15, -0.1) is 0 Å². The second-order valence-electron chi connectivity index (χ2n) is 4.12. The summed E-state index contributed by atoms with van der Waals surface area (Å²) in [5, 5.41) is 12.7. The first kappa shape index (κ1) is 14.6. The number of carboxylic acid groups (broad SMARTS) is 1. The number of nitrogens with zero attached hydrogens (tertiary/aromatic N) is 4. The largest absolute Gasteiger partial charge is 0.480 e. The molecule has 0 atom stereocenters. The van der Waals surface area contributed by atoms with E-state index in [9.17, 15) is 9.59 Å². The minimum Gasteiger partial charge on any atom is -0.480 e. The van der Waals surface area contributed by atoms with Gasteiger partial charge in [0.05, 0.1) is 18.8 Å². The van der Waals surface area contributed by atoms with Gasteiger partial charge in [-0.1, -0.05) is 11.3 Å². The molecule has 0 radical (unpaired) electrons. The average molecular weight is 298 g/mol. The smallest absolute Gasteiger partial charge is 0.317 e. The van der Waals surface area contributed by atoms with E-state index in [0.29, 0.717) is 23.8 Å². The molecule has 0 bridgehead atoms. The Hall–Kier alpha value is -1.84. The van der Waals surface area contributed by atoms with Gasteiger partial charge in [-0.05, 0) is 0 Å². The molecule has 0 saturated carbocycles. The zero-order valence-corrected chi connectivity index (χ0v) is 11.7. The lowest BCUT2D eigenvalue weighted by atomic mass is 10.3. The number of hydrogen-bond donors (Lipinski definition) is 1. The van der Waals surface area contributed by atoms with Crippen molar-refractivity contribution in [3.05, 3.63) is 27.6 Å². The summed E-state index contributed by atoms with van der Waals surface area (Å²) in [5.74, 6) is -0.934. The number of carbonyl (C=O) groups is 1. The summed E-state index contributed by atoms with van der Waals surface area (Å²) in [6, 6.07) is 1.37. The molecule has 2 heterocycles. The van der Waals surface area contributed by atoms with Crippen LogP contribution in [0.4, 0.5) is 0 Å². The van der Waals surface area contributed by atoms with Gasteiger partial charge in [0, 0.05) is 26.3 Å². The number of ether oxygens (including phenoxy) is 1. The Morgan fingerprint density at radius 2 is 2.40 bits per heavy atom. The first-order chi connectivity index (χ1) is 9.60. The molecule has 2 aromatic rings. The second-order valence-corrected chi connectivity index (χ2v) is 4.93. The fraction of sp³-hybridized carbons (Fsp3) is 0.455. The van der Waals surface area contributed by atoms with Gasteiger partial charge in [0.25, 0.3) is 5.56 Å². The highest BCUT2D eigenvalue weighted by Gasteiger charge is 2.12. The summed E-state index contributed by atoms with van der Waals surface area (Å²) in [4.78, 5) is 29.1. The lowest BCUT2D eigenvalue weighted by Gasteiger charge is -2.18. The molecule has 108 valence electrons. The molecular weight excluding hydrogens is 284 g/mol. The van der Waals surface area contributed by atoms with Crippen LogP contribution in [0.3, 0.4) is 0 Å². The molecular formula is C11H14N4O4S. The summed E-state index contributed by atoms with van der Waals surface area (Å²) in [7, 11) is 1.55. The normalized spacial score (nSPS) is 11.3. The first-order valence-corrected chi connectivity index (χ1v) is 6.73. The molecule has 9 heteroatoms. The van der Waals surface area contributed by atoms with Crippen molar-refractivity contribution >= 4 is 22.3 Å². The van der Waals surface area contributed by atoms with Crippen LogP contribution in [-0.2, 0) is 16.1 Å². The molecule has 0 amide bonds. The van der Waals surface area contributed by atoms with E-state index >= 15 is 0 Å². The summed E-state index contributed by atoms with van der Waals surface area (Å²) < 4.78 is 6.16. The van der Waals surface area contributed by atoms with Gasteiger partial charge in [0.1, 0.15) is 5.51 Å². The van der Waals surface area contributed by atoms with Gasteiger partial charge in [0.2, 0.25) is 4.96 Å². The summed E-state index contributed by atoms with van der Waals surface area (Å²) in [6.45, 7) is 1.01. The van der Waals surface area contributed by atoms with Crippen molar-refractivity contribution < 1.29 is 14.6 Å². The zero-order chi connectivity index (χ0) is 14.5. The fourth-order valence-corrected chi connectivity index (χ4v) is 2.38. The molecule has 0 spiro atoms. The molecule has 8 nitrogen and oxygen atoms in total. The number of fused-ring (bicyclic) bond motifs is 1. The van der Waals surface area contributed by atoms with E-state index in [2.05, 4.69) is 10.1 Å². The Labute approximate surface area is 118 Å². The molecule has 0 aliphatic carbocycles. The maximum Gasteiger partial charge on any atom is 0.317 e. The number of aliphatic carboxylic acids is 1. The van der Waals surface area contributed by atoms with Gasteiger partial charge in [0.15, 0.2) is 0 Å². The molecule has 0 aromatic carbocycles. The SMILES string of the molecule is COCCN(CC(=O)O)Cc1cc(=O)n2ncsc2n1. The van der Waals surface area contributed by atoms with E-state index in [1.807, 2.05) is 0 Å². The molecule has 20 heavy (non-hydrogen) atoms. The van der Waals surface area contributed by atoms with E-state index in [0.717, 1.165) is 0 Å². The van der Waals surface area contributed by atoms with Gasteiger partial charge in [-0.2, -0.15) is 9.61 Å². The number of carboxylic acids is 1. The van der Waals surface area contributed by atoms with Crippen molar-refractivity contribution in [3.8, 4) is 0 Å². The molecule has 0 aliphatic rings. The minimum absolute atomic E-state index is 0.132. The van der Waals surface area contributed by atoms with Crippen LogP contribution < -0.4 is 5.56 Å². The molecule has 0 unspecified atom stereocenters. The molecule has 0 fully saturated rings. The van der Waals surface area contributed by atoms with Crippen LogP contribution in [0.25, 0.3) is 4.96 Å². The average Bonchev–Trinajstić information content (AvgIpc) is 2.84. The Bertz CT molecular complexity index is 653. The number of hydrogen-bond acceptors (Lipinski definition) is 7. The molecule has 2 rings (SSSR count). The highest BCUT2D eigenvalue weighted by atomic mass is 32.1. The fourth-order valence-electron chi connectivity index (χ4n) is 1.74. The minimum atomic E-state index is -0.934. The molecule has 0 aliphatic heterocycles. The third-order valence-corrected chi connectivity index (χ3v) is 3.27. The van der Waals surface area contributed by atoms with Crippen LogP contribution in [0.5, 0.6) is 0 Å². The lowest BCUT2D eigenvalue weighted by Crippen LogP contribution is -2.33. The highest BCUT2D eigenvalue weighted by Crippen LogP contribution is 2.06. The topological polar surface area (TPSA) is 97.0 Å². The maximum absolute atomic E-state index is 11.8. The predicted octanol–water partition coefficient (Wildman–Crippen LogP) is -0.316. The molecule has 1 N–H and O–H groups in total. The zero-order valence-electron chi connectivity index (χ0n) is 10.9. The Morgan fingerprint density at radius 3 is 3.10 bits per heavy atom. The van der Waals surface area contributed by atoms with Gasteiger partial charge in [-0.25, -0.2) is 4.98 Å². The highest BCUT2D eigenvalue weighted by molar-refractivity contribution is 7.14. The number of rotatable bonds is 7. The monoisotopic (exact) mass is 298 g/mol. The standard InChI is InChI=1S/C11H14N4O4S/c1-19-3-2-14(6-10(17)18)5-8-4-9(16)15-11(13-8)20-7-12-15/h4,7H,2-3,5-6H2,1H3,(H,17,18). The quantitative estimate of drug-likeness (QED) is 0.748. The van der Waals surface area contributed by atoms with Crippen LogP contribution in [0.1, 0.15) is 5.69 Å².